The fourth-order valence-electron chi connectivity index (χ4n) is 3.28. The summed E-state index contributed by atoms with van der Waals surface area (Å²) in [5, 5.41) is 0. The van der Waals surface area contributed by atoms with Crippen LogP contribution in [0, 0.1) is 15.4 Å². The lowest BCUT2D eigenvalue weighted by Crippen LogP contribution is -2.13. The molecule has 0 unspecified atom stereocenters. The maximum atomic E-state index is 5.75. The van der Waals surface area contributed by atoms with Crippen molar-refractivity contribution >= 4 is 22.6 Å². The Morgan fingerprint density at radius 2 is 1.82 bits per heavy atom. The third-order valence-electron chi connectivity index (χ3n) is 4.68. The molecule has 0 atom stereocenters. The van der Waals surface area contributed by atoms with Gasteiger partial charge in [-0.2, -0.15) is 0 Å². The van der Waals surface area contributed by atoms with Gasteiger partial charge in [0.25, 0.3) is 0 Å². The summed E-state index contributed by atoms with van der Waals surface area (Å²) in [6.45, 7) is 2.98. The lowest BCUT2D eigenvalue weighted by Gasteiger charge is -2.26. The number of hydrogen-bond acceptors (Lipinski definition) is 1. The average Bonchev–Trinajstić information content (AvgIpc) is 2.55. The Balaban J connectivity index is 1.60. The van der Waals surface area contributed by atoms with Crippen LogP contribution in [0.2, 0.25) is 0 Å². The van der Waals surface area contributed by atoms with Crippen LogP contribution in [0.3, 0.4) is 0 Å². The normalized spacial score (nSPS) is 22.1. The van der Waals surface area contributed by atoms with E-state index < -0.39 is 0 Å². The van der Waals surface area contributed by atoms with Gasteiger partial charge in [-0.05, 0) is 84.4 Å². The topological polar surface area (TPSA) is 9.23 Å². The summed E-state index contributed by atoms with van der Waals surface area (Å²) in [5.41, 5.74) is 0. The first-order chi connectivity index (χ1) is 10.8. The van der Waals surface area contributed by atoms with E-state index in [1.807, 2.05) is 12.1 Å². The van der Waals surface area contributed by atoms with Crippen molar-refractivity contribution in [3.05, 3.63) is 40.0 Å². The van der Waals surface area contributed by atoms with Crippen LogP contribution in [0.1, 0.15) is 58.3 Å². The van der Waals surface area contributed by atoms with Crippen molar-refractivity contribution in [2.75, 3.05) is 6.61 Å². The zero-order valence-electron chi connectivity index (χ0n) is 13.8. The number of rotatable bonds is 8. The van der Waals surface area contributed by atoms with E-state index >= 15 is 0 Å². The van der Waals surface area contributed by atoms with E-state index in [1.54, 1.807) is 0 Å². The molecule has 1 fully saturated rings. The minimum absolute atomic E-state index is 0.691. The molecule has 0 heterocycles. The van der Waals surface area contributed by atoms with E-state index in [-0.39, 0.29) is 0 Å². The summed E-state index contributed by atoms with van der Waals surface area (Å²) in [7, 11) is 0. The smallest absolute Gasteiger partial charge is 0.119 e. The minimum Gasteiger partial charge on any atom is -0.490 e. The molecule has 0 saturated heterocycles. The van der Waals surface area contributed by atoms with Crippen molar-refractivity contribution in [3.8, 4) is 5.75 Å². The fraction of sp³-hybridized carbons (Fsp3) is 0.600. The molecule has 0 N–H and O–H groups in total. The fourth-order valence-corrected chi connectivity index (χ4v) is 3.64. The molecule has 0 aromatic heterocycles. The highest BCUT2D eigenvalue weighted by atomic mass is 127. The Labute approximate surface area is 149 Å². The molecule has 0 aliphatic heterocycles. The molecular formula is C20H29IO. The zero-order valence-corrected chi connectivity index (χ0v) is 15.9. The van der Waals surface area contributed by atoms with Crippen LogP contribution >= 0.6 is 22.6 Å². The molecule has 1 aromatic carbocycles. The van der Waals surface area contributed by atoms with Crippen LogP contribution < -0.4 is 4.74 Å². The second kappa shape index (κ2) is 10.3. The van der Waals surface area contributed by atoms with Gasteiger partial charge < -0.3 is 4.74 Å². The predicted octanol–water partition coefficient (Wildman–Crippen LogP) is 6.61. The van der Waals surface area contributed by atoms with Gasteiger partial charge in [0.2, 0.25) is 0 Å². The highest BCUT2D eigenvalue weighted by molar-refractivity contribution is 14.1. The van der Waals surface area contributed by atoms with Crippen LogP contribution in [0.4, 0.5) is 0 Å². The molecule has 22 heavy (non-hydrogen) atoms. The van der Waals surface area contributed by atoms with Gasteiger partial charge >= 0.3 is 0 Å². The van der Waals surface area contributed by atoms with Crippen LogP contribution in [-0.2, 0) is 0 Å². The monoisotopic (exact) mass is 412 g/mol. The molecule has 1 aliphatic rings. The first kappa shape index (κ1) is 17.8. The second-order valence-corrected chi connectivity index (χ2v) is 7.72. The Kier molecular flexibility index (Phi) is 8.35. The molecule has 1 saturated carbocycles. The van der Waals surface area contributed by atoms with Gasteiger partial charge in [-0.15, -0.1) is 0 Å². The van der Waals surface area contributed by atoms with E-state index in [0.717, 1.165) is 17.6 Å². The molecule has 1 aromatic rings. The van der Waals surface area contributed by atoms with Crippen molar-refractivity contribution in [1.29, 1.82) is 0 Å². The number of unbranched alkanes of at least 4 members (excludes halogenated alkanes) is 2. The summed E-state index contributed by atoms with van der Waals surface area (Å²) < 4.78 is 6.99. The van der Waals surface area contributed by atoms with Gasteiger partial charge in [-0.25, -0.2) is 0 Å². The van der Waals surface area contributed by atoms with Gasteiger partial charge in [-0.1, -0.05) is 44.8 Å². The molecule has 122 valence electrons. The number of halogens is 1. The van der Waals surface area contributed by atoms with Crippen molar-refractivity contribution in [1.82, 2.24) is 0 Å². The molecule has 0 bridgehead atoms. The average molecular weight is 412 g/mol. The van der Waals surface area contributed by atoms with Crippen LogP contribution in [0.15, 0.2) is 36.4 Å². The first-order valence-corrected chi connectivity index (χ1v) is 9.91. The van der Waals surface area contributed by atoms with E-state index in [4.69, 9.17) is 4.74 Å². The van der Waals surface area contributed by atoms with Gasteiger partial charge in [0, 0.05) is 3.57 Å². The van der Waals surface area contributed by atoms with E-state index in [2.05, 4.69) is 53.8 Å². The number of ether oxygens (including phenoxy) is 1. The summed E-state index contributed by atoms with van der Waals surface area (Å²) >= 11 is 2.31. The minimum atomic E-state index is 0.691. The maximum absolute atomic E-state index is 5.75. The quantitative estimate of drug-likeness (QED) is 0.265. The standard InChI is InChI=1S/C20H29IO/c1-2-3-4-6-17-8-10-18(11-9-17)7-5-16-22-20-14-12-19(21)13-15-20/h5,7,12-15,17-18H,2-4,6,8-11,16H2,1H3. The number of hydrogen-bond donors (Lipinski definition) is 0. The summed E-state index contributed by atoms with van der Waals surface area (Å²) in [4.78, 5) is 0. The lowest BCUT2D eigenvalue weighted by atomic mass is 9.79. The van der Waals surface area contributed by atoms with E-state index in [9.17, 15) is 0 Å². The van der Waals surface area contributed by atoms with E-state index in [1.165, 1.54) is 54.9 Å². The molecule has 0 amide bonds. The van der Waals surface area contributed by atoms with Gasteiger partial charge in [0.15, 0.2) is 0 Å². The SMILES string of the molecule is CCCCCC1CCC(C=CCOc2ccc(I)cc2)CC1. The highest BCUT2D eigenvalue weighted by Crippen LogP contribution is 2.32. The molecule has 2 heteroatoms. The molecule has 1 aliphatic carbocycles. The lowest BCUT2D eigenvalue weighted by molar-refractivity contribution is 0.288. The first-order valence-electron chi connectivity index (χ1n) is 8.83. The summed E-state index contributed by atoms with van der Waals surface area (Å²) in [6, 6.07) is 8.24. The summed E-state index contributed by atoms with van der Waals surface area (Å²) in [6.07, 6.45) is 15.8. The Hall–Kier alpha value is -0.510. The highest BCUT2D eigenvalue weighted by Gasteiger charge is 2.18. The van der Waals surface area contributed by atoms with Gasteiger partial charge in [0.1, 0.15) is 12.4 Å². The van der Waals surface area contributed by atoms with Crippen LogP contribution in [0.25, 0.3) is 0 Å². The second-order valence-electron chi connectivity index (χ2n) is 6.47. The Bertz CT molecular complexity index is 430. The molecular weight excluding hydrogens is 383 g/mol. The van der Waals surface area contributed by atoms with Gasteiger partial charge in [-0.3, -0.25) is 0 Å². The maximum Gasteiger partial charge on any atom is 0.119 e. The third kappa shape index (κ3) is 6.72. The Morgan fingerprint density at radius 3 is 2.50 bits per heavy atom. The van der Waals surface area contributed by atoms with Crippen LogP contribution in [-0.4, -0.2) is 6.61 Å². The van der Waals surface area contributed by atoms with Crippen molar-refractivity contribution in [2.45, 2.75) is 58.3 Å². The zero-order chi connectivity index (χ0) is 15.6. The number of benzene rings is 1. The van der Waals surface area contributed by atoms with E-state index in [0.29, 0.717) is 6.61 Å². The predicted molar refractivity (Wildman–Crippen MR) is 103 cm³/mol. The molecule has 0 spiro atoms. The largest absolute Gasteiger partial charge is 0.490 e. The summed E-state index contributed by atoms with van der Waals surface area (Å²) in [5.74, 6) is 2.74. The van der Waals surface area contributed by atoms with Crippen molar-refractivity contribution in [3.63, 3.8) is 0 Å². The molecule has 2 rings (SSSR count). The molecule has 0 radical (unpaired) electrons. The third-order valence-corrected chi connectivity index (χ3v) is 5.39. The number of allylic oxidation sites excluding steroid dienone is 1. The molecule has 1 nitrogen and oxygen atoms in total. The van der Waals surface area contributed by atoms with Crippen molar-refractivity contribution in [2.24, 2.45) is 11.8 Å². The van der Waals surface area contributed by atoms with Crippen molar-refractivity contribution < 1.29 is 4.74 Å². The van der Waals surface area contributed by atoms with Crippen LogP contribution in [0.5, 0.6) is 5.75 Å². The van der Waals surface area contributed by atoms with Gasteiger partial charge in [0.05, 0.1) is 0 Å². The Morgan fingerprint density at radius 1 is 1.09 bits per heavy atom.